The molecule has 3 aromatic rings. The summed E-state index contributed by atoms with van der Waals surface area (Å²) in [5.41, 5.74) is 2.82. The van der Waals surface area contributed by atoms with Crippen LogP contribution in [0, 0.1) is 12.7 Å². The fourth-order valence-electron chi connectivity index (χ4n) is 3.59. The van der Waals surface area contributed by atoms with Crippen LogP contribution in [0.1, 0.15) is 32.8 Å². The normalized spacial score (nSPS) is 14.0. The van der Waals surface area contributed by atoms with Crippen molar-refractivity contribution in [1.29, 1.82) is 0 Å². The Morgan fingerprint density at radius 1 is 1.20 bits per heavy atom. The molecule has 6 nitrogen and oxygen atoms in total. The predicted molar refractivity (Wildman–Crippen MR) is 114 cm³/mol. The molecule has 0 bridgehead atoms. The summed E-state index contributed by atoms with van der Waals surface area (Å²) in [7, 11) is 1.85. The lowest BCUT2D eigenvalue weighted by molar-refractivity contribution is 0.0986. The smallest absolute Gasteiger partial charge is 0.318 e. The second-order valence-electron chi connectivity index (χ2n) is 7.52. The number of Topliss-reactive ketones (excluding diaryl/α,β-unsaturated/α-hetero) is 1. The number of urea groups is 1. The number of carbonyl (C=O) groups is 2. The van der Waals surface area contributed by atoms with Gasteiger partial charge < -0.3 is 4.90 Å². The first-order valence-electron chi connectivity index (χ1n) is 9.83. The van der Waals surface area contributed by atoms with E-state index in [9.17, 15) is 14.0 Å². The van der Waals surface area contributed by atoms with Crippen LogP contribution < -0.4 is 4.90 Å². The molecule has 0 atom stereocenters. The van der Waals surface area contributed by atoms with E-state index in [1.165, 1.54) is 23.5 Å². The number of nitrogens with zero attached hydrogens (tertiary/aromatic N) is 4. The van der Waals surface area contributed by atoms with Crippen molar-refractivity contribution in [1.82, 2.24) is 14.7 Å². The molecule has 3 heterocycles. The zero-order valence-electron chi connectivity index (χ0n) is 17.0. The fourth-order valence-corrected chi connectivity index (χ4v) is 4.75. The second-order valence-corrected chi connectivity index (χ2v) is 8.56. The van der Waals surface area contributed by atoms with E-state index in [-0.39, 0.29) is 17.6 Å². The average molecular weight is 427 g/mol. The van der Waals surface area contributed by atoms with Gasteiger partial charge in [-0.2, -0.15) is 5.10 Å². The molecule has 2 amide bonds. The van der Waals surface area contributed by atoms with Crippen molar-refractivity contribution in [3.63, 3.8) is 0 Å². The molecule has 4 rings (SSSR count). The maximum atomic E-state index is 13.1. The van der Waals surface area contributed by atoms with Gasteiger partial charge in [-0.15, -0.1) is 11.3 Å². The summed E-state index contributed by atoms with van der Waals surface area (Å²) in [4.78, 5) is 29.8. The number of carbonyl (C=O) groups excluding carboxylic acids is 2. The maximum absolute atomic E-state index is 13.1. The standard InChI is InChI=1S/C22H23FN4O2S/c1-15-11-20(30-21(15)19(28)8-5-17-12-24-25(2)13-17)27-10-9-26(22(27)29)14-16-3-6-18(23)7-4-16/h3-4,6-7,11-13H,5,8-10,14H2,1-2H3. The fraction of sp³-hybridized carbons (Fsp3) is 0.318. The van der Waals surface area contributed by atoms with Crippen molar-refractivity contribution in [2.45, 2.75) is 26.3 Å². The summed E-state index contributed by atoms with van der Waals surface area (Å²) >= 11 is 1.38. The van der Waals surface area contributed by atoms with Crippen LogP contribution in [0.2, 0.25) is 0 Å². The molecule has 1 aromatic carbocycles. The zero-order valence-corrected chi connectivity index (χ0v) is 17.8. The molecule has 0 aliphatic carbocycles. The van der Waals surface area contributed by atoms with Gasteiger partial charge in [0.05, 0.1) is 16.1 Å². The Morgan fingerprint density at radius 2 is 1.97 bits per heavy atom. The van der Waals surface area contributed by atoms with Gasteiger partial charge in [0.1, 0.15) is 5.82 Å². The van der Waals surface area contributed by atoms with Gasteiger partial charge in [0.25, 0.3) is 0 Å². The van der Waals surface area contributed by atoms with Crippen LogP contribution in [0.4, 0.5) is 14.2 Å². The van der Waals surface area contributed by atoms with Crippen LogP contribution >= 0.6 is 11.3 Å². The molecule has 1 aliphatic heterocycles. The van der Waals surface area contributed by atoms with Gasteiger partial charge in [0.2, 0.25) is 0 Å². The van der Waals surface area contributed by atoms with Gasteiger partial charge in [-0.3, -0.25) is 14.4 Å². The summed E-state index contributed by atoms with van der Waals surface area (Å²) in [5.74, 6) is -0.203. The first-order valence-corrected chi connectivity index (χ1v) is 10.6. The first-order chi connectivity index (χ1) is 14.4. The van der Waals surface area contributed by atoms with Gasteiger partial charge in [-0.25, -0.2) is 9.18 Å². The van der Waals surface area contributed by atoms with Crippen molar-refractivity contribution in [3.8, 4) is 0 Å². The minimum absolute atomic E-state index is 0.0856. The zero-order chi connectivity index (χ0) is 21.3. The number of hydrogen-bond donors (Lipinski definition) is 0. The molecule has 1 aliphatic rings. The highest BCUT2D eigenvalue weighted by atomic mass is 32.1. The number of thiophene rings is 1. The SMILES string of the molecule is Cc1cc(N2CCN(Cc3ccc(F)cc3)C2=O)sc1C(=O)CCc1cnn(C)c1. The number of rotatable bonds is 7. The molecule has 0 unspecified atom stereocenters. The summed E-state index contributed by atoms with van der Waals surface area (Å²) < 4.78 is 14.8. The molecular formula is C22H23FN4O2S. The summed E-state index contributed by atoms with van der Waals surface area (Å²) in [5, 5.41) is 4.93. The van der Waals surface area contributed by atoms with Crippen LogP contribution in [-0.4, -0.2) is 39.6 Å². The first kappa shape index (κ1) is 20.3. The van der Waals surface area contributed by atoms with Gasteiger partial charge in [-0.1, -0.05) is 12.1 Å². The Kier molecular flexibility index (Phi) is 5.67. The second kappa shape index (κ2) is 8.39. The molecule has 0 radical (unpaired) electrons. The minimum atomic E-state index is -0.289. The lowest BCUT2D eigenvalue weighted by Crippen LogP contribution is -2.30. The Morgan fingerprint density at radius 3 is 2.67 bits per heavy atom. The number of benzene rings is 1. The molecular weight excluding hydrogens is 403 g/mol. The largest absolute Gasteiger partial charge is 0.325 e. The monoisotopic (exact) mass is 426 g/mol. The number of aromatic nitrogens is 2. The Labute approximate surface area is 178 Å². The van der Waals surface area contributed by atoms with Crippen LogP contribution in [-0.2, 0) is 20.0 Å². The third-order valence-corrected chi connectivity index (χ3v) is 6.51. The highest BCUT2D eigenvalue weighted by Crippen LogP contribution is 2.33. The van der Waals surface area contributed by atoms with Crippen LogP contribution in [0.15, 0.2) is 42.7 Å². The van der Waals surface area contributed by atoms with E-state index < -0.39 is 0 Å². The van der Waals surface area contributed by atoms with E-state index in [1.54, 1.807) is 32.8 Å². The highest BCUT2D eigenvalue weighted by molar-refractivity contribution is 7.18. The molecule has 2 aromatic heterocycles. The number of halogens is 1. The molecule has 1 saturated heterocycles. The average Bonchev–Trinajstić information content (AvgIpc) is 3.41. The van der Waals surface area contributed by atoms with E-state index >= 15 is 0 Å². The van der Waals surface area contributed by atoms with Crippen LogP contribution in [0.25, 0.3) is 0 Å². The third-order valence-electron chi connectivity index (χ3n) is 5.20. The lowest BCUT2D eigenvalue weighted by Gasteiger charge is -2.17. The van der Waals surface area contributed by atoms with Gasteiger partial charge >= 0.3 is 6.03 Å². The number of amides is 2. The van der Waals surface area contributed by atoms with E-state index in [0.717, 1.165) is 21.7 Å². The number of ketones is 1. The van der Waals surface area contributed by atoms with Crippen LogP contribution in [0.3, 0.4) is 0 Å². The molecule has 0 saturated carbocycles. The summed E-state index contributed by atoms with van der Waals surface area (Å²) in [6, 6.07) is 8.02. The number of anilines is 1. The van der Waals surface area contributed by atoms with Crippen molar-refractivity contribution in [2.24, 2.45) is 7.05 Å². The van der Waals surface area contributed by atoms with Gasteiger partial charge in [-0.05, 0) is 48.2 Å². The Balaban J connectivity index is 1.41. The quantitative estimate of drug-likeness (QED) is 0.533. The van der Waals surface area contributed by atoms with Crippen LogP contribution in [0.5, 0.6) is 0 Å². The molecule has 1 fully saturated rings. The number of hydrogen-bond acceptors (Lipinski definition) is 4. The van der Waals surface area contributed by atoms with E-state index in [4.69, 9.17) is 0 Å². The van der Waals surface area contributed by atoms with E-state index in [1.807, 2.05) is 26.2 Å². The Bertz CT molecular complexity index is 1070. The predicted octanol–water partition coefficient (Wildman–Crippen LogP) is 4.19. The lowest BCUT2D eigenvalue weighted by atomic mass is 10.1. The summed E-state index contributed by atoms with van der Waals surface area (Å²) in [6.45, 7) is 3.52. The topological polar surface area (TPSA) is 58.4 Å². The molecule has 0 N–H and O–H groups in total. The molecule has 30 heavy (non-hydrogen) atoms. The van der Waals surface area contributed by atoms with Gasteiger partial charge in [0.15, 0.2) is 5.78 Å². The minimum Gasteiger partial charge on any atom is -0.318 e. The molecule has 156 valence electrons. The third kappa shape index (κ3) is 4.28. The summed E-state index contributed by atoms with van der Waals surface area (Å²) in [6.07, 6.45) is 4.75. The number of aryl methyl sites for hydroxylation is 3. The van der Waals surface area contributed by atoms with Gasteiger partial charge in [0, 0.05) is 39.3 Å². The molecule has 8 heteroatoms. The van der Waals surface area contributed by atoms with Crippen molar-refractivity contribution < 1.29 is 14.0 Å². The van der Waals surface area contributed by atoms with Crippen molar-refractivity contribution >= 4 is 28.2 Å². The maximum Gasteiger partial charge on any atom is 0.325 e. The Hall–Kier alpha value is -3.00. The van der Waals surface area contributed by atoms with E-state index in [0.29, 0.717) is 37.4 Å². The molecule has 0 spiro atoms. The van der Waals surface area contributed by atoms with Crippen molar-refractivity contribution in [2.75, 3.05) is 18.0 Å². The van der Waals surface area contributed by atoms with Crippen molar-refractivity contribution in [3.05, 3.63) is 70.1 Å². The highest BCUT2D eigenvalue weighted by Gasteiger charge is 2.31. The van der Waals surface area contributed by atoms with E-state index in [2.05, 4.69) is 5.10 Å².